The Morgan fingerprint density at radius 1 is 1.14 bits per heavy atom. The summed E-state index contributed by atoms with van der Waals surface area (Å²) in [5, 5.41) is 10.3. The van der Waals surface area contributed by atoms with Crippen molar-refractivity contribution < 1.29 is 26.7 Å². The Hall–Kier alpha value is -0.340. The van der Waals surface area contributed by atoms with Gasteiger partial charge in [-0.15, -0.1) is 0 Å². The monoisotopic (exact) mass is 331 g/mol. The molecule has 0 aromatic heterocycles. The van der Waals surface area contributed by atoms with Crippen LogP contribution in [-0.2, 0) is 10.0 Å². The molecular weight excluding hydrogens is 307 g/mol. The van der Waals surface area contributed by atoms with Crippen LogP contribution < -0.4 is 4.72 Å². The zero-order valence-electron chi connectivity index (χ0n) is 12.5. The second-order valence-electron chi connectivity index (χ2n) is 6.75. The first-order valence-corrected chi connectivity index (χ1v) is 8.74. The Labute approximate surface area is 124 Å². The molecule has 0 bridgehead atoms. The molecule has 0 radical (unpaired) electrons. The number of aliphatic hydroxyl groups is 1. The predicted molar refractivity (Wildman–Crippen MR) is 74.3 cm³/mol. The highest BCUT2D eigenvalue weighted by Crippen LogP contribution is 2.39. The van der Waals surface area contributed by atoms with E-state index in [1.54, 1.807) is 0 Å². The van der Waals surface area contributed by atoms with E-state index in [2.05, 4.69) is 18.6 Å². The second-order valence-corrected chi connectivity index (χ2v) is 8.67. The van der Waals surface area contributed by atoms with Crippen LogP contribution in [0.25, 0.3) is 0 Å². The number of halogens is 3. The summed E-state index contributed by atoms with van der Waals surface area (Å²) in [6.45, 7) is 4.05. The fourth-order valence-electron chi connectivity index (χ4n) is 2.35. The van der Waals surface area contributed by atoms with Gasteiger partial charge in [-0.05, 0) is 37.5 Å². The van der Waals surface area contributed by atoms with Crippen LogP contribution in [0, 0.1) is 5.41 Å². The Bertz CT molecular complexity index is 436. The number of alkyl halides is 3. The normalized spacial score (nSPS) is 22.2. The third kappa shape index (κ3) is 7.46. The molecule has 0 aromatic rings. The zero-order valence-corrected chi connectivity index (χ0v) is 13.3. The number of hydrogen-bond acceptors (Lipinski definition) is 3. The first-order valence-electron chi connectivity index (χ1n) is 7.09. The molecule has 0 saturated heterocycles. The molecule has 1 rings (SSSR count). The van der Waals surface area contributed by atoms with E-state index in [-0.39, 0.29) is 12.0 Å². The summed E-state index contributed by atoms with van der Waals surface area (Å²) >= 11 is 0. The van der Waals surface area contributed by atoms with E-state index in [1.807, 2.05) is 0 Å². The van der Waals surface area contributed by atoms with Gasteiger partial charge in [-0.2, -0.15) is 13.2 Å². The van der Waals surface area contributed by atoms with E-state index in [1.165, 1.54) is 0 Å². The van der Waals surface area contributed by atoms with Crippen molar-refractivity contribution in [3.8, 4) is 0 Å². The van der Waals surface area contributed by atoms with Crippen LogP contribution in [0.1, 0.15) is 52.4 Å². The average Bonchev–Trinajstić information content (AvgIpc) is 2.30. The van der Waals surface area contributed by atoms with Gasteiger partial charge in [-0.3, -0.25) is 0 Å². The summed E-state index contributed by atoms with van der Waals surface area (Å²) in [6.07, 6.45) is -3.37. The van der Waals surface area contributed by atoms with Gasteiger partial charge in [0.2, 0.25) is 10.0 Å². The van der Waals surface area contributed by atoms with Crippen molar-refractivity contribution in [2.75, 3.05) is 12.3 Å². The minimum atomic E-state index is -4.34. The van der Waals surface area contributed by atoms with Crippen LogP contribution in [0.3, 0.4) is 0 Å². The molecule has 1 aliphatic carbocycles. The topological polar surface area (TPSA) is 66.4 Å². The predicted octanol–water partition coefficient (Wildman–Crippen LogP) is 2.58. The maximum atomic E-state index is 12.0. The molecule has 0 amide bonds. The highest BCUT2D eigenvalue weighted by Gasteiger charge is 2.37. The van der Waals surface area contributed by atoms with Gasteiger partial charge < -0.3 is 5.11 Å². The average molecular weight is 331 g/mol. The van der Waals surface area contributed by atoms with Crippen molar-refractivity contribution in [3.05, 3.63) is 0 Å². The number of sulfonamides is 1. The largest absolute Gasteiger partial charge is 0.389 e. The fraction of sp³-hybridized carbons (Fsp3) is 1.00. The minimum Gasteiger partial charge on any atom is -0.389 e. The molecule has 0 atom stereocenters. The SMILES string of the molecule is CC1(C)CCC(O)(CNS(=O)(=O)CCCC(F)(F)F)CC1. The van der Waals surface area contributed by atoms with E-state index in [0.717, 1.165) is 12.8 Å². The molecule has 1 saturated carbocycles. The summed E-state index contributed by atoms with van der Waals surface area (Å²) in [5.41, 5.74) is -0.954. The van der Waals surface area contributed by atoms with Gasteiger partial charge in [-0.25, -0.2) is 13.1 Å². The zero-order chi connectivity index (χ0) is 16.4. The van der Waals surface area contributed by atoms with Crippen molar-refractivity contribution in [3.63, 3.8) is 0 Å². The molecular formula is C13H24F3NO3S. The van der Waals surface area contributed by atoms with Crippen LogP contribution in [0.4, 0.5) is 13.2 Å². The molecule has 8 heteroatoms. The molecule has 2 N–H and O–H groups in total. The molecule has 0 aromatic carbocycles. The van der Waals surface area contributed by atoms with E-state index in [9.17, 15) is 26.7 Å². The first-order chi connectivity index (χ1) is 9.33. The molecule has 126 valence electrons. The van der Waals surface area contributed by atoms with Gasteiger partial charge in [0.15, 0.2) is 0 Å². The van der Waals surface area contributed by atoms with Crippen LogP contribution in [-0.4, -0.2) is 37.6 Å². The number of rotatable bonds is 6. The van der Waals surface area contributed by atoms with Gasteiger partial charge in [0.05, 0.1) is 11.4 Å². The van der Waals surface area contributed by atoms with Gasteiger partial charge in [0, 0.05) is 13.0 Å². The first kappa shape index (κ1) is 18.7. The van der Waals surface area contributed by atoms with Gasteiger partial charge >= 0.3 is 6.18 Å². The molecule has 1 fully saturated rings. The Morgan fingerprint density at radius 2 is 1.67 bits per heavy atom. The molecule has 0 aliphatic heterocycles. The van der Waals surface area contributed by atoms with Crippen LogP contribution >= 0.6 is 0 Å². The van der Waals surface area contributed by atoms with Gasteiger partial charge in [0.25, 0.3) is 0 Å². The number of nitrogens with one attached hydrogen (secondary N) is 1. The Balaban J connectivity index is 2.39. The Kier molecular flexibility index (Phi) is 5.72. The van der Waals surface area contributed by atoms with Gasteiger partial charge in [-0.1, -0.05) is 13.8 Å². The molecule has 1 aliphatic rings. The standard InChI is InChI=1S/C13H24F3NO3S/c1-11(2)5-7-12(18,8-6-11)10-17-21(19,20)9-3-4-13(14,15)16/h17-18H,3-10H2,1-2H3. The van der Waals surface area contributed by atoms with Crippen LogP contribution in [0.15, 0.2) is 0 Å². The van der Waals surface area contributed by atoms with Gasteiger partial charge in [0.1, 0.15) is 0 Å². The minimum absolute atomic E-state index is 0.128. The van der Waals surface area contributed by atoms with Crippen molar-refractivity contribution in [2.45, 2.75) is 64.1 Å². The highest BCUT2D eigenvalue weighted by atomic mass is 32.2. The summed E-state index contributed by atoms with van der Waals surface area (Å²) in [5.74, 6) is -0.575. The summed E-state index contributed by atoms with van der Waals surface area (Å²) in [6, 6.07) is 0. The smallest absolute Gasteiger partial charge is 0.389 e. The molecule has 4 nitrogen and oxygen atoms in total. The van der Waals surface area contributed by atoms with E-state index in [4.69, 9.17) is 0 Å². The van der Waals surface area contributed by atoms with Crippen molar-refractivity contribution >= 4 is 10.0 Å². The lowest BCUT2D eigenvalue weighted by Gasteiger charge is -2.40. The van der Waals surface area contributed by atoms with Crippen molar-refractivity contribution in [1.29, 1.82) is 0 Å². The van der Waals surface area contributed by atoms with Crippen LogP contribution in [0.2, 0.25) is 0 Å². The number of hydrogen-bond donors (Lipinski definition) is 2. The van der Waals surface area contributed by atoms with Crippen molar-refractivity contribution in [2.24, 2.45) is 5.41 Å². The van der Waals surface area contributed by atoms with E-state index >= 15 is 0 Å². The van der Waals surface area contributed by atoms with E-state index < -0.39 is 40.4 Å². The van der Waals surface area contributed by atoms with Crippen molar-refractivity contribution in [1.82, 2.24) is 4.72 Å². The Morgan fingerprint density at radius 3 is 2.14 bits per heavy atom. The second kappa shape index (κ2) is 6.42. The third-order valence-electron chi connectivity index (χ3n) is 4.03. The summed E-state index contributed by atoms with van der Waals surface area (Å²) in [7, 11) is -3.78. The summed E-state index contributed by atoms with van der Waals surface area (Å²) < 4.78 is 61.5. The lowest BCUT2D eigenvalue weighted by molar-refractivity contribution is -0.134. The molecule has 0 unspecified atom stereocenters. The fourth-order valence-corrected chi connectivity index (χ4v) is 3.51. The molecule has 0 heterocycles. The molecule has 21 heavy (non-hydrogen) atoms. The van der Waals surface area contributed by atoms with E-state index in [0.29, 0.717) is 12.8 Å². The maximum absolute atomic E-state index is 12.0. The molecule has 0 spiro atoms. The summed E-state index contributed by atoms with van der Waals surface area (Å²) in [4.78, 5) is 0. The maximum Gasteiger partial charge on any atom is 0.389 e. The lowest BCUT2D eigenvalue weighted by atomic mass is 9.71. The van der Waals surface area contributed by atoms with Crippen LogP contribution in [0.5, 0.6) is 0 Å². The highest BCUT2D eigenvalue weighted by molar-refractivity contribution is 7.89. The quantitative estimate of drug-likeness (QED) is 0.786. The third-order valence-corrected chi connectivity index (χ3v) is 5.44. The lowest BCUT2D eigenvalue weighted by Crippen LogP contribution is -2.47.